The maximum Gasteiger partial charge on any atom is 0.250 e. The van der Waals surface area contributed by atoms with E-state index in [-0.39, 0.29) is 10.8 Å². The van der Waals surface area contributed by atoms with Crippen LogP contribution in [-0.4, -0.2) is 37.7 Å². The second kappa shape index (κ2) is 8.13. The van der Waals surface area contributed by atoms with Crippen molar-refractivity contribution >= 4 is 49.8 Å². The Bertz CT molecular complexity index is 1050. The molecular weight excluding hydrogens is 402 g/mol. The van der Waals surface area contributed by atoms with Gasteiger partial charge in [0.2, 0.25) is 15.9 Å². The second-order valence-electron chi connectivity index (χ2n) is 5.73. The third-order valence-electron chi connectivity index (χ3n) is 3.63. The van der Waals surface area contributed by atoms with Crippen molar-refractivity contribution in [3.8, 4) is 11.3 Å². The topological polar surface area (TPSA) is 79.4 Å². The Kier molecular flexibility index (Phi) is 5.85. The van der Waals surface area contributed by atoms with E-state index in [1.54, 1.807) is 41.7 Å². The molecule has 0 bridgehead atoms. The Balaban J connectivity index is 1.69. The first-order valence-corrected chi connectivity index (χ1v) is 11.1. The third kappa shape index (κ3) is 4.69. The predicted molar refractivity (Wildman–Crippen MR) is 110 cm³/mol. The molecular formula is C18H17N3O3S3. The molecule has 0 aliphatic heterocycles. The number of thiazole rings is 1. The highest BCUT2D eigenvalue weighted by Gasteiger charge is 2.17. The Hall–Kier alpha value is -2.33. The number of anilines is 1. The maximum absolute atomic E-state index is 12.1. The molecule has 0 saturated carbocycles. The number of hydrogen-bond acceptors (Lipinski definition) is 6. The fourth-order valence-corrected chi connectivity index (χ4v) is 4.41. The number of rotatable bonds is 6. The number of carbonyl (C=O) groups is 1. The van der Waals surface area contributed by atoms with Gasteiger partial charge < -0.3 is 0 Å². The van der Waals surface area contributed by atoms with Crippen molar-refractivity contribution in [3.05, 3.63) is 58.1 Å². The Morgan fingerprint density at radius 3 is 2.52 bits per heavy atom. The highest BCUT2D eigenvalue weighted by atomic mass is 32.2. The summed E-state index contributed by atoms with van der Waals surface area (Å²) < 4.78 is 25.4. The van der Waals surface area contributed by atoms with E-state index in [1.807, 2.05) is 22.2 Å². The van der Waals surface area contributed by atoms with Crippen molar-refractivity contribution in [1.29, 1.82) is 0 Å². The van der Waals surface area contributed by atoms with Crippen LogP contribution in [0, 0.1) is 0 Å². The zero-order chi connectivity index (χ0) is 19.4. The molecule has 3 aromatic rings. The highest BCUT2D eigenvalue weighted by Crippen LogP contribution is 2.26. The molecule has 0 aliphatic rings. The van der Waals surface area contributed by atoms with E-state index < -0.39 is 10.0 Å². The number of carbonyl (C=O) groups excluding carboxylic acids is 1. The number of sulfonamides is 1. The molecule has 0 saturated heterocycles. The van der Waals surface area contributed by atoms with Gasteiger partial charge in [-0.2, -0.15) is 11.3 Å². The van der Waals surface area contributed by atoms with E-state index in [2.05, 4.69) is 10.3 Å². The van der Waals surface area contributed by atoms with E-state index >= 15 is 0 Å². The van der Waals surface area contributed by atoms with Gasteiger partial charge in [0.25, 0.3) is 0 Å². The first-order valence-electron chi connectivity index (χ1n) is 7.86. The molecule has 0 unspecified atom stereocenters. The van der Waals surface area contributed by atoms with Crippen molar-refractivity contribution in [3.63, 3.8) is 0 Å². The minimum atomic E-state index is -3.46. The number of hydrogen-bond donors (Lipinski definition) is 1. The Labute approximate surface area is 165 Å². The number of nitrogens with one attached hydrogen (secondary N) is 1. The quantitative estimate of drug-likeness (QED) is 0.617. The molecule has 6 nitrogen and oxygen atoms in total. The van der Waals surface area contributed by atoms with Gasteiger partial charge in [-0.25, -0.2) is 17.7 Å². The van der Waals surface area contributed by atoms with Gasteiger partial charge in [0.05, 0.1) is 10.6 Å². The van der Waals surface area contributed by atoms with Crippen molar-refractivity contribution in [2.24, 2.45) is 0 Å². The summed E-state index contributed by atoms with van der Waals surface area (Å²) in [5.74, 6) is -0.255. The average molecular weight is 420 g/mol. The van der Waals surface area contributed by atoms with Crippen molar-refractivity contribution in [2.75, 3.05) is 19.4 Å². The molecule has 1 amide bonds. The summed E-state index contributed by atoms with van der Waals surface area (Å²) in [6, 6.07) is 8.43. The van der Waals surface area contributed by atoms with Gasteiger partial charge in [0.15, 0.2) is 5.13 Å². The number of thiophene rings is 1. The molecule has 0 radical (unpaired) electrons. The van der Waals surface area contributed by atoms with Crippen LogP contribution in [0.3, 0.4) is 0 Å². The fraction of sp³-hybridized carbons (Fsp3) is 0.111. The summed E-state index contributed by atoms with van der Waals surface area (Å²) in [6.45, 7) is 0. The molecule has 2 aromatic heterocycles. The fourth-order valence-electron chi connectivity index (χ4n) is 2.16. The molecule has 3 rings (SSSR count). The maximum atomic E-state index is 12.1. The predicted octanol–water partition coefficient (Wildman–Crippen LogP) is 3.77. The highest BCUT2D eigenvalue weighted by molar-refractivity contribution is 7.89. The second-order valence-corrected chi connectivity index (χ2v) is 9.52. The van der Waals surface area contributed by atoms with Gasteiger partial charge in [-0.1, -0.05) is 12.1 Å². The molecule has 0 aliphatic carbocycles. The van der Waals surface area contributed by atoms with Gasteiger partial charge in [-0.05, 0) is 40.6 Å². The van der Waals surface area contributed by atoms with Crippen LogP contribution >= 0.6 is 22.7 Å². The van der Waals surface area contributed by atoms with Crippen LogP contribution in [0.1, 0.15) is 5.56 Å². The van der Waals surface area contributed by atoms with Crippen LogP contribution in [0.4, 0.5) is 5.13 Å². The lowest BCUT2D eigenvalue weighted by Crippen LogP contribution is -2.22. The van der Waals surface area contributed by atoms with Crippen molar-refractivity contribution < 1.29 is 13.2 Å². The van der Waals surface area contributed by atoms with Gasteiger partial charge in [0.1, 0.15) is 0 Å². The van der Waals surface area contributed by atoms with Crippen molar-refractivity contribution in [2.45, 2.75) is 4.90 Å². The number of nitrogens with zero attached hydrogens (tertiary/aromatic N) is 2. The van der Waals surface area contributed by atoms with Crippen LogP contribution in [-0.2, 0) is 14.8 Å². The van der Waals surface area contributed by atoms with Crippen LogP contribution < -0.4 is 5.32 Å². The monoisotopic (exact) mass is 419 g/mol. The van der Waals surface area contributed by atoms with E-state index in [4.69, 9.17) is 0 Å². The van der Waals surface area contributed by atoms with Gasteiger partial charge in [-0.15, -0.1) is 11.3 Å². The number of benzene rings is 1. The zero-order valence-corrected chi connectivity index (χ0v) is 17.1. The number of amides is 1. The molecule has 0 fully saturated rings. The normalized spacial score (nSPS) is 12.0. The Morgan fingerprint density at radius 1 is 1.15 bits per heavy atom. The summed E-state index contributed by atoms with van der Waals surface area (Å²) in [7, 11) is -0.477. The standard InChI is InChI=1S/C18H17N3O3S3/c1-21(2)27(23,24)15-6-4-14(5-7-15)16-12-26-18(19-16)20-17(22)8-3-13-9-10-25-11-13/h3-12H,1-2H3,(H,19,20,22)/b8-3+. The first kappa shape index (κ1) is 19.4. The lowest BCUT2D eigenvalue weighted by Gasteiger charge is -2.11. The SMILES string of the molecule is CN(C)S(=O)(=O)c1ccc(-c2csc(NC(=O)/C=C/c3ccsc3)n2)cc1. The zero-order valence-electron chi connectivity index (χ0n) is 14.6. The summed E-state index contributed by atoms with van der Waals surface area (Å²) >= 11 is 2.88. The summed E-state index contributed by atoms with van der Waals surface area (Å²) in [5.41, 5.74) is 2.42. The molecule has 1 N–H and O–H groups in total. The average Bonchev–Trinajstić information content (AvgIpc) is 3.32. The number of aromatic nitrogens is 1. The van der Waals surface area contributed by atoms with E-state index in [0.717, 1.165) is 11.1 Å². The molecule has 0 atom stereocenters. The van der Waals surface area contributed by atoms with Gasteiger partial charge in [-0.3, -0.25) is 10.1 Å². The van der Waals surface area contributed by atoms with Crippen LogP contribution in [0.15, 0.2) is 57.4 Å². The van der Waals surface area contributed by atoms with E-state index in [9.17, 15) is 13.2 Å². The first-order chi connectivity index (χ1) is 12.9. The summed E-state index contributed by atoms with van der Waals surface area (Å²) in [6.07, 6.45) is 3.20. The van der Waals surface area contributed by atoms with Gasteiger partial charge >= 0.3 is 0 Å². The molecule has 0 spiro atoms. The lowest BCUT2D eigenvalue weighted by molar-refractivity contribution is -0.111. The lowest BCUT2D eigenvalue weighted by atomic mass is 10.2. The van der Waals surface area contributed by atoms with Crippen LogP contribution in [0.2, 0.25) is 0 Å². The van der Waals surface area contributed by atoms with Crippen LogP contribution in [0.25, 0.3) is 17.3 Å². The largest absolute Gasteiger partial charge is 0.298 e. The Morgan fingerprint density at radius 2 is 1.89 bits per heavy atom. The molecule has 9 heteroatoms. The van der Waals surface area contributed by atoms with E-state index in [1.165, 1.54) is 35.8 Å². The summed E-state index contributed by atoms with van der Waals surface area (Å²) in [4.78, 5) is 16.6. The molecule has 27 heavy (non-hydrogen) atoms. The minimum Gasteiger partial charge on any atom is -0.298 e. The minimum absolute atomic E-state index is 0.221. The molecule has 140 valence electrons. The smallest absolute Gasteiger partial charge is 0.250 e. The van der Waals surface area contributed by atoms with E-state index in [0.29, 0.717) is 10.8 Å². The van der Waals surface area contributed by atoms with Crippen LogP contribution in [0.5, 0.6) is 0 Å². The third-order valence-corrected chi connectivity index (χ3v) is 6.92. The van der Waals surface area contributed by atoms with Crippen molar-refractivity contribution in [1.82, 2.24) is 9.29 Å². The molecule has 1 aromatic carbocycles. The summed E-state index contributed by atoms with van der Waals surface area (Å²) in [5, 5.41) is 8.92. The molecule has 2 heterocycles. The van der Waals surface area contributed by atoms with Gasteiger partial charge in [0, 0.05) is 31.1 Å².